The maximum atomic E-state index is 12.2. The highest BCUT2D eigenvalue weighted by atomic mass is 16.5. The van der Waals surface area contributed by atoms with Crippen molar-refractivity contribution in [1.82, 2.24) is 5.32 Å². The molecule has 0 aliphatic carbocycles. The lowest BCUT2D eigenvalue weighted by atomic mass is 10.1. The molecule has 2 rings (SSSR count). The zero-order chi connectivity index (χ0) is 17.4. The van der Waals surface area contributed by atoms with Gasteiger partial charge in [-0.05, 0) is 25.0 Å². The number of rotatable bonds is 6. The summed E-state index contributed by atoms with van der Waals surface area (Å²) in [6, 6.07) is 8.28. The van der Waals surface area contributed by atoms with Crippen molar-refractivity contribution < 1.29 is 19.1 Å². The van der Waals surface area contributed by atoms with E-state index in [0.717, 1.165) is 19.4 Å². The van der Waals surface area contributed by atoms with Crippen molar-refractivity contribution >= 4 is 17.6 Å². The minimum atomic E-state index is -0.603. The number of methoxy groups -OCH3 is 1. The van der Waals surface area contributed by atoms with E-state index in [1.807, 2.05) is 6.07 Å². The van der Waals surface area contributed by atoms with Crippen LogP contribution in [0.15, 0.2) is 36.0 Å². The Kier molecular flexibility index (Phi) is 6.34. The molecule has 0 spiro atoms. The molecule has 24 heavy (non-hydrogen) atoms. The summed E-state index contributed by atoms with van der Waals surface area (Å²) in [6.45, 7) is 1.28. The average molecular weight is 329 g/mol. The molecular formula is C17H19N3O4. The van der Waals surface area contributed by atoms with Crippen LogP contribution in [-0.2, 0) is 14.3 Å². The van der Waals surface area contributed by atoms with Gasteiger partial charge in [-0.3, -0.25) is 4.79 Å². The number of hydrogen-bond acceptors (Lipinski definition) is 6. The molecule has 1 saturated heterocycles. The van der Waals surface area contributed by atoms with Gasteiger partial charge in [0.05, 0.1) is 24.5 Å². The number of carbonyl (C=O) groups is 2. The molecule has 1 aromatic carbocycles. The summed E-state index contributed by atoms with van der Waals surface area (Å²) in [5.74, 6) is -1.17. The van der Waals surface area contributed by atoms with Crippen molar-refractivity contribution in [2.45, 2.75) is 18.9 Å². The maximum Gasteiger partial charge on any atom is 0.339 e. The zero-order valence-corrected chi connectivity index (χ0v) is 13.4. The SMILES string of the molecule is COC(=O)c1ccccc1NC(=O)/C(C#N)=C\NCC1CCCO1. The van der Waals surface area contributed by atoms with Gasteiger partial charge in [0.25, 0.3) is 5.91 Å². The van der Waals surface area contributed by atoms with Crippen molar-refractivity contribution in [3.8, 4) is 6.07 Å². The fraction of sp³-hybridized carbons (Fsp3) is 0.353. The molecule has 1 aliphatic heterocycles. The Morgan fingerprint density at radius 3 is 2.92 bits per heavy atom. The van der Waals surface area contributed by atoms with E-state index in [4.69, 9.17) is 10.00 Å². The molecule has 1 aliphatic rings. The molecule has 0 bridgehead atoms. The van der Waals surface area contributed by atoms with Gasteiger partial charge in [0.2, 0.25) is 0 Å². The minimum absolute atomic E-state index is 0.0901. The monoisotopic (exact) mass is 329 g/mol. The smallest absolute Gasteiger partial charge is 0.339 e. The van der Waals surface area contributed by atoms with Crippen LogP contribution in [0.3, 0.4) is 0 Å². The number of nitriles is 1. The Bertz CT molecular complexity index is 673. The van der Waals surface area contributed by atoms with Crippen LogP contribution in [0.1, 0.15) is 23.2 Å². The first kappa shape index (κ1) is 17.5. The summed E-state index contributed by atoms with van der Waals surface area (Å²) in [5, 5.41) is 14.6. The summed E-state index contributed by atoms with van der Waals surface area (Å²) < 4.78 is 10.1. The molecule has 1 aromatic rings. The fourth-order valence-electron chi connectivity index (χ4n) is 2.32. The van der Waals surface area contributed by atoms with E-state index in [-0.39, 0.29) is 22.9 Å². The van der Waals surface area contributed by atoms with E-state index in [0.29, 0.717) is 6.54 Å². The van der Waals surface area contributed by atoms with Crippen molar-refractivity contribution in [3.63, 3.8) is 0 Å². The Morgan fingerprint density at radius 1 is 1.46 bits per heavy atom. The number of carbonyl (C=O) groups excluding carboxylic acids is 2. The molecule has 1 amide bonds. The molecule has 0 radical (unpaired) electrons. The zero-order valence-electron chi connectivity index (χ0n) is 13.4. The number of hydrogen-bond donors (Lipinski definition) is 2. The number of esters is 1. The topological polar surface area (TPSA) is 100 Å². The second-order valence-corrected chi connectivity index (χ2v) is 5.20. The summed E-state index contributed by atoms with van der Waals surface area (Å²) in [7, 11) is 1.26. The van der Waals surface area contributed by atoms with Gasteiger partial charge < -0.3 is 20.1 Å². The van der Waals surface area contributed by atoms with Crippen LogP contribution < -0.4 is 10.6 Å². The molecule has 1 unspecified atom stereocenters. The number of nitrogens with one attached hydrogen (secondary N) is 2. The highest BCUT2D eigenvalue weighted by Crippen LogP contribution is 2.17. The fourth-order valence-corrected chi connectivity index (χ4v) is 2.32. The third-order valence-corrected chi connectivity index (χ3v) is 3.56. The average Bonchev–Trinajstić information content (AvgIpc) is 3.12. The van der Waals surface area contributed by atoms with E-state index in [2.05, 4.69) is 15.4 Å². The predicted molar refractivity (Wildman–Crippen MR) is 87.1 cm³/mol. The third kappa shape index (κ3) is 4.57. The van der Waals surface area contributed by atoms with Crippen LogP contribution in [0, 0.1) is 11.3 Å². The summed E-state index contributed by atoms with van der Waals surface area (Å²) in [5.41, 5.74) is 0.417. The lowest BCUT2D eigenvalue weighted by molar-refractivity contribution is -0.112. The van der Waals surface area contributed by atoms with E-state index >= 15 is 0 Å². The molecule has 7 heteroatoms. The molecule has 1 fully saturated rings. The number of benzene rings is 1. The van der Waals surface area contributed by atoms with Crippen LogP contribution in [-0.4, -0.2) is 38.2 Å². The first-order valence-electron chi connectivity index (χ1n) is 7.59. The second-order valence-electron chi connectivity index (χ2n) is 5.20. The van der Waals surface area contributed by atoms with Crippen molar-refractivity contribution in [3.05, 3.63) is 41.6 Å². The van der Waals surface area contributed by atoms with Crippen LogP contribution in [0.5, 0.6) is 0 Å². The number of anilines is 1. The third-order valence-electron chi connectivity index (χ3n) is 3.56. The van der Waals surface area contributed by atoms with Crippen LogP contribution in [0.4, 0.5) is 5.69 Å². The van der Waals surface area contributed by atoms with Crippen molar-refractivity contribution in [2.24, 2.45) is 0 Å². The first-order chi connectivity index (χ1) is 11.7. The van der Waals surface area contributed by atoms with E-state index in [1.165, 1.54) is 19.4 Å². The molecular weight excluding hydrogens is 310 g/mol. The molecule has 1 heterocycles. The predicted octanol–water partition coefficient (Wildman–Crippen LogP) is 1.59. The quantitative estimate of drug-likeness (QED) is 0.467. The van der Waals surface area contributed by atoms with Gasteiger partial charge in [-0.2, -0.15) is 5.26 Å². The van der Waals surface area contributed by atoms with Gasteiger partial charge in [-0.25, -0.2) is 4.79 Å². The molecule has 126 valence electrons. The van der Waals surface area contributed by atoms with Crippen LogP contribution in [0.2, 0.25) is 0 Å². The largest absolute Gasteiger partial charge is 0.465 e. The summed E-state index contributed by atoms with van der Waals surface area (Å²) >= 11 is 0. The summed E-state index contributed by atoms with van der Waals surface area (Å²) in [4.78, 5) is 23.9. The van der Waals surface area contributed by atoms with Gasteiger partial charge in [-0.15, -0.1) is 0 Å². The molecule has 1 atom stereocenters. The van der Waals surface area contributed by atoms with E-state index in [1.54, 1.807) is 18.2 Å². The Hall–Kier alpha value is -2.85. The molecule has 2 N–H and O–H groups in total. The van der Waals surface area contributed by atoms with Gasteiger partial charge in [0.1, 0.15) is 11.6 Å². The van der Waals surface area contributed by atoms with E-state index in [9.17, 15) is 9.59 Å². The highest BCUT2D eigenvalue weighted by Gasteiger charge is 2.17. The summed E-state index contributed by atoms with van der Waals surface area (Å²) in [6.07, 6.45) is 3.44. The number of nitrogens with zero attached hydrogens (tertiary/aromatic N) is 1. The highest BCUT2D eigenvalue weighted by molar-refractivity contribution is 6.09. The Morgan fingerprint density at radius 2 is 2.25 bits per heavy atom. The van der Waals surface area contributed by atoms with Crippen LogP contribution in [0.25, 0.3) is 0 Å². The molecule has 7 nitrogen and oxygen atoms in total. The number of para-hydroxylation sites is 1. The first-order valence-corrected chi connectivity index (χ1v) is 7.59. The van der Waals surface area contributed by atoms with E-state index < -0.39 is 11.9 Å². The standard InChI is InChI=1S/C17H19N3O4/c1-23-17(22)14-6-2-3-7-15(14)20-16(21)12(9-18)10-19-11-13-5-4-8-24-13/h2-3,6-7,10,13,19H,4-5,8,11H2,1H3,(H,20,21)/b12-10-. The van der Waals surface area contributed by atoms with Gasteiger partial charge in [-0.1, -0.05) is 12.1 Å². The second kappa shape index (κ2) is 8.70. The Balaban J connectivity index is 2.01. The number of amides is 1. The van der Waals surface area contributed by atoms with Gasteiger partial charge >= 0.3 is 5.97 Å². The minimum Gasteiger partial charge on any atom is -0.465 e. The van der Waals surface area contributed by atoms with Crippen molar-refractivity contribution in [1.29, 1.82) is 5.26 Å². The lowest BCUT2D eigenvalue weighted by Gasteiger charge is -2.10. The van der Waals surface area contributed by atoms with Gasteiger partial charge in [0.15, 0.2) is 0 Å². The van der Waals surface area contributed by atoms with Crippen molar-refractivity contribution in [2.75, 3.05) is 25.6 Å². The normalized spacial score (nSPS) is 17.0. The molecule has 0 aromatic heterocycles. The number of ether oxygens (including phenoxy) is 2. The maximum absolute atomic E-state index is 12.2. The lowest BCUT2D eigenvalue weighted by Crippen LogP contribution is -2.24. The molecule has 0 saturated carbocycles. The van der Waals surface area contributed by atoms with Crippen LogP contribution >= 0.6 is 0 Å². The Labute approximate surface area is 140 Å². The van der Waals surface area contributed by atoms with Gasteiger partial charge in [0, 0.05) is 19.4 Å².